The van der Waals surface area contributed by atoms with Crippen LogP contribution < -0.4 is 26.6 Å². The monoisotopic (exact) mass is 494 g/mol. The predicted molar refractivity (Wildman–Crippen MR) is 107 cm³/mol. The second kappa shape index (κ2) is 8.33. The Hall–Kier alpha value is -1.37. The zero-order valence-electron chi connectivity index (χ0n) is 15.4. The van der Waals surface area contributed by atoms with E-state index in [1.165, 1.54) is 18.7 Å². The minimum Gasteiger partial charge on any atom is -1.00 e. The fourth-order valence-corrected chi connectivity index (χ4v) is 4.32. The third kappa shape index (κ3) is 3.80. The summed E-state index contributed by atoms with van der Waals surface area (Å²) < 4.78 is 8.68. The molecule has 0 bridgehead atoms. The van der Waals surface area contributed by atoms with Crippen LogP contribution in [0.4, 0.5) is 5.69 Å². The lowest BCUT2D eigenvalue weighted by atomic mass is 9.99. The fourth-order valence-electron chi connectivity index (χ4n) is 4.05. The van der Waals surface area contributed by atoms with Crippen LogP contribution in [0.3, 0.4) is 0 Å². The van der Waals surface area contributed by atoms with Gasteiger partial charge in [-0.15, -0.1) is 0 Å². The summed E-state index contributed by atoms with van der Waals surface area (Å²) in [6.07, 6.45) is 4.58. The number of rotatable bonds is 3. The SMILES string of the molecule is COc1ccc(C2(O)C[N+]3=C(CCCCC3)N2c2ccc(Br)cc2)cc1.[Br-]. The Morgan fingerprint density at radius 3 is 2.41 bits per heavy atom. The molecule has 1 atom stereocenters. The molecular formula is C21H24Br2N2O2. The number of anilines is 1. The van der Waals surface area contributed by atoms with E-state index < -0.39 is 5.72 Å². The standard InChI is InChI=1S/C21H24BrN2O2.BrH/c1-26-19-12-6-16(7-13-19)21(25)15-23-14-4-2-3-5-20(23)24(21)18-10-8-17(22)9-11-18;/h6-13,25H,2-5,14-15H2,1H3;1H/q+1;/p-1. The number of aliphatic hydroxyl groups is 1. The van der Waals surface area contributed by atoms with Crippen LogP contribution >= 0.6 is 15.9 Å². The molecule has 4 rings (SSSR count). The number of benzene rings is 2. The number of amidine groups is 1. The largest absolute Gasteiger partial charge is 1.00 e. The first-order chi connectivity index (χ1) is 12.6. The zero-order chi connectivity index (χ0) is 18.1. The molecule has 27 heavy (non-hydrogen) atoms. The van der Waals surface area contributed by atoms with Gasteiger partial charge >= 0.3 is 0 Å². The molecule has 1 unspecified atom stereocenters. The molecule has 0 aliphatic carbocycles. The van der Waals surface area contributed by atoms with Crippen LogP contribution in [0.25, 0.3) is 0 Å². The minimum absolute atomic E-state index is 0. The van der Waals surface area contributed by atoms with Gasteiger partial charge in [0.05, 0.1) is 13.7 Å². The molecule has 0 amide bonds. The van der Waals surface area contributed by atoms with E-state index in [1.807, 2.05) is 36.4 Å². The molecule has 144 valence electrons. The molecule has 0 aromatic heterocycles. The molecule has 2 aromatic carbocycles. The Bertz CT molecular complexity index is 821. The van der Waals surface area contributed by atoms with Crippen LogP contribution in [0.5, 0.6) is 5.75 Å². The molecule has 1 N–H and O–H groups in total. The van der Waals surface area contributed by atoms with Crippen LogP contribution in [0.2, 0.25) is 0 Å². The third-order valence-corrected chi connectivity index (χ3v) is 5.90. The summed E-state index contributed by atoms with van der Waals surface area (Å²) in [6.45, 7) is 1.59. The van der Waals surface area contributed by atoms with Crippen molar-refractivity contribution >= 4 is 27.5 Å². The van der Waals surface area contributed by atoms with Crippen molar-refractivity contribution in [1.82, 2.24) is 0 Å². The summed E-state index contributed by atoms with van der Waals surface area (Å²) in [4.78, 5) is 2.13. The van der Waals surface area contributed by atoms with Gasteiger partial charge in [0.2, 0.25) is 0 Å². The van der Waals surface area contributed by atoms with E-state index in [4.69, 9.17) is 4.74 Å². The Balaban J connectivity index is 0.00000210. The van der Waals surface area contributed by atoms with Crippen molar-refractivity contribution in [1.29, 1.82) is 0 Å². The van der Waals surface area contributed by atoms with Crippen LogP contribution in [0.1, 0.15) is 31.2 Å². The molecule has 0 spiro atoms. The van der Waals surface area contributed by atoms with Gasteiger partial charge in [-0.1, -0.05) is 15.9 Å². The third-order valence-electron chi connectivity index (χ3n) is 5.37. The summed E-state index contributed by atoms with van der Waals surface area (Å²) in [6, 6.07) is 16.0. The van der Waals surface area contributed by atoms with Crippen molar-refractivity contribution < 1.29 is 31.4 Å². The Kier molecular flexibility index (Phi) is 6.28. The minimum atomic E-state index is -1.08. The topological polar surface area (TPSA) is 35.7 Å². The van der Waals surface area contributed by atoms with Crippen molar-refractivity contribution in [2.75, 3.05) is 25.1 Å². The second-order valence-corrected chi connectivity index (χ2v) is 7.92. The van der Waals surface area contributed by atoms with E-state index in [0.29, 0.717) is 6.54 Å². The molecule has 0 saturated heterocycles. The van der Waals surface area contributed by atoms with Gasteiger partial charge in [-0.25, -0.2) is 0 Å². The van der Waals surface area contributed by atoms with Crippen LogP contribution in [-0.4, -0.2) is 35.7 Å². The lowest BCUT2D eigenvalue weighted by Gasteiger charge is -2.29. The zero-order valence-corrected chi connectivity index (χ0v) is 18.5. The molecule has 2 aliphatic rings. The quantitative estimate of drug-likeness (QED) is 0.648. The van der Waals surface area contributed by atoms with Gasteiger partial charge in [-0.2, -0.15) is 4.90 Å². The Morgan fingerprint density at radius 2 is 1.74 bits per heavy atom. The number of hydrogen-bond donors (Lipinski definition) is 1. The first kappa shape index (κ1) is 20.4. The maximum Gasteiger partial charge on any atom is 0.275 e. The highest BCUT2D eigenvalue weighted by molar-refractivity contribution is 9.10. The lowest BCUT2D eigenvalue weighted by molar-refractivity contribution is -0.534. The van der Waals surface area contributed by atoms with Crippen LogP contribution in [0.15, 0.2) is 53.0 Å². The van der Waals surface area contributed by atoms with Gasteiger partial charge in [0.15, 0.2) is 6.54 Å². The highest BCUT2D eigenvalue weighted by atomic mass is 79.9. The molecule has 2 aliphatic heterocycles. The van der Waals surface area contributed by atoms with Crippen molar-refractivity contribution in [2.45, 2.75) is 31.4 Å². The first-order valence-electron chi connectivity index (χ1n) is 9.15. The molecule has 0 radical (unpaired) electrons. The number of methoxy groups -OCH3 is 1. The van der Waals surface area contributed by atoms with Crippen molar-refractivity contribution in [3.63, 3.8) is 0 Å². The summed E-state index contributed by atoms with van der Waals surface area (Å²) in [7, 11) is 1.66. The van der Waals surface area contributed by atoms with Gasteiger partial charge in [-0.05, 0) is 67.8 Å². The van der Waals surface area contributed by atoms with Crippen molar-refractivity contribution in [3.8, 4) is 5.75 Å². The van der Waals surface area contributed by atoms with E-state index in [0.717, 1.165) is 40.9 Å². The van der Waals surface area contributed by atoms with Gasteiger partial charge in [0.25, 0.3) is 11.6 Å². The van der Waals surface area contributed by atoms with Gasteiger partial charge in [0.1, 0.15) is 11.4 Å². The first-order valence-corrected chi connectivity index (χ1v) is 9.94. The van der Waals surface area contributed by atoms with Gasteiger partial charge < -0.3 is 26.8 Å². The van der Waals surface area contributed by atoms with E-state index in [9.17, 15) is 5.11 Å². The van der Waals surface area contributed by atoms with E-state index in [1.54, 1.807) is 7.11 Å². The van der Waals surface area contributed by atoms with Crippen LogP contribution in [0, 0.1) is 0 Å². The molecule has 6 heteroatoms. The molecule has 0 fully saturated rings. The predicted octanol–water partition coefficient (Wildman–Crippen LogP) is 1.11. The Morgan fingerprint density at radius 1 is 1.04 bits per heavy atom. The highest BCUT2D eigenvalue weighted by Crippen LogP contribution is 2.38. The van der Waals surface area contributed by atoms with Gasteiger partial charge in [-0.3, -0.25) is 4.58 Å². The number of nitrogens with zero attached hydrogens (tertiary/aromatic N) is 2. The maximum atomic E-state index is 11.8. The summed E-state index contributed by atoms with van der Waals surface area (Å²) in [5, 5.41) is 11.8. The fraction of sp³-hybridized carbons (Fsp3) is 0.381. The summed E-state index contributed by atoms with van der Waals surface area (Å²) in [5.41, 5.74) is 0.833. The summed E-state index contributed by atoms with van der Waals surface area (Å²) >= 11 is 3.51. The van der Waals surface area contributed by atoms with E-state index in [2.05, 4.69) is 37.5 Å². The molecule has 4 nitrogen and oxygen atoms in total. The maximum absolute atomic E-state index is 11.8. The van der Waals surface area contributed by atoms with Crippen LogP contribution in [-0.2, 0) is 5.72 Å². The smallest absolute Gasteiger partial charge is 0.275 e. The number of hydrogen-bond acceptors (Lipinski definition) is 3. The molecular weight excluding hydrogens is 472 g/mol. The average Bonchev–Trinajstić information content (AvgIpc) is 2.80. The lowest BCUT2D eigenvalue weighted by Crippen LogP contribution is -3.00. The molecule has 0 saturated carbocycles. The number of halogens is 2. The Labute approximate surface area is 179 Å². The van der Waals surface area contributed by atoms with E-state index >= 15 is 0 Å². The second-order valence-electron chi connectivity index (χ2n) is 7.01. The highest BCUT2D eigenvalue weighted by Gasteiger charge is 2.53. The number of ether oxygens (including phenoxy) is 1. The van der Waals surface area contributed by atoms with E-state index in [-0.39, 0.29) is 17.0 Å². The molecule has 2 aromatic rings. The average molecular weight is 496 g/mol. The van der Waals surface area contributed by atoms with Crippen molar-refractivity contribution in [2.24, 2.45) is 0 Å². The summed E-state index contributed by atoms with van der Waals surface area (Å²) in [5.74, 6) is 2.02. The normalized spacial score (nSPS) is 22.1. The van der Waals surface area contributed by atoms with Crippen molar-refractivity contribution in [3.05, 3.63) is 58.6 Å². The molecule has 2 heterocycles. The van der Waals surface area contributed by atoms with Gasteiger partial charge in [0, 0.05) is 16.5 Å².